The van der Waals surface area contributed by atoms with Gasteiger partial charge < -0.3 is 14.6 Å². The zero-order valence-electron chi connectivity index (χ0n) is 20.0. The molecule has 13 heteroatoms. The second-order valence-electron chi connectivity index (χ2n) is 8.06. The number of nitro groups is 1. The first-order valence-electron chi connectivity index (χ1n) is 11.1. The number of hydrogen-bond acceptors (Lipinski definition) is 8. The molecule has 2 N–H and O–H groups in total. The number of methoxy groups -OCH3 is 1. The zero-order chi connectivity index (χ0) is 28.3. The van der Waals surface area contributed by atoms with Crippen molar-refractivity contribution in [1.82, 2.24) is 5.32 Å². The number of carboxylic acid groups (broad SMARTS) is 1. The highest BCUT2D eigenvalue weighted by Gasteiger charge is 2.35. The van der Waals surface area contributed by atoms with Gasteiger partial charge in [0.1, 0.15) is 12.2 Å². The number of thiocarbonyl (C=S) groups is 1. The van der Waals surface area contributed by atoms with Crippen LogP contribution in [0.15, 0.2) is 66.2 Å². The Morgan fingerprint density at radius 3 is 2.62 bits per heavy atom. The fourth-order valence-corrected chi connectivity index (χ4v) is 4.78. The Labute approximate surface area is 240 Å². The van der Waals surface area contributed by atoms with E-state index < -0.39 is 22.7 Å². The number of ether oxygens (including phenoxy) is 2. The fraction of sp³-hybridized carbons (Fsp3) is 0.0769. The van der Waals surface area contributed by atoms with Gasteiger partial charge in [0.25, 0.3) is 17.5 Å². The molecule has 3 aromatic rings. The van der Waals surface area contributed by atoms with E-state index in [9.17, 15) is 29.6 Å². The van der Waals surface area contributed by atoms with Gasteiger partial charge in [0.2, 0.25) is 0 Å². The summed E-state index contributed by atoms with van der Waals surface area (Å²) in [7, 11) is 1.43. The van der Waals surface area contributed by atoms with E-state index in [1.165, 1.54) is 49.6 Å². The van der Waals surface area contributed by atoms with Gasteiger partial charge >= 0.3 is 5.97 Å². The third kappa shape index (κ3) is 6.04. The van der Waals surface area contributed by atoms with E-state index in [0.717, 1.165) is 4.90 Å². The molecule has 4 rings (SSSR count). The smallest absolute Gasteiger partial charge is 0.335 e. The maximum atomic E-state index is 13.3. The van der Waals surface area contributed by atoms with E-state index in [2.05, 4.69) is 5.32 Å². The van der Waals surface area contributed by atoms with E-state index in [0.29, 0.717) is 26.2 Å². The highest BCUT2D eigenvalue weighted by molar-refractivity contribution is 14.1. The summed E-state index contributed by atoms with van der Waals surface area (Å²) in [5.41, 5.74) is 0.884. The number of nitro benzene ring substituents is 1. The van der Waals surface area contributed by atoms with Crippen molar-refractivity contribution in [2.24, 2.45) is 0 Å². The molecular weight excluding hydrogens is 641 g/mol. The molecule has 1 fully saturated rings. The first-order valence-corrected chi connectivity index (χ1v) is 12.6. The van der Waals surface area contributed by atoms with Crippen molar-refractivity contribution in [2.75, 3.05) is 12.0 Å². The summed E-state index contributed by atoms with van der Waals surface area (Å²) in [4.78, 5) is 49.0. The SMILES string of the molecule is COc1cc(C=C2C(=O)NC(=S)N(c3cccc(C(=O)O)c3)C2=O)cc(I)c1OCc1cccc([N+](=O)[O-])c1. The molecule has 0 unspecified atom stereocenters. The maximum absolute atomic E-state index is 13.3. The molecule has 0 spiro atoms. The number of hydrogen-bond donors (Lipinski definition) is 2. The van der Waals surface area contributed by atoms with E-state index in [4.69, 9.17) is 21.7 Å². The number of amides is 2. The number of nitrogens with one attached hydrogen (secondary N) is 1. The molecule has 1 saturated heterocycles. The van der Waals surface area contributed by atoms with Gasteiger partial charge in [-0.05, 0) is 82.3 Å². The Bertz CT molecular complexity index is 1570. The van der Waals surface area contributed by atoms with Crippen LogP contribution in [0.4, 0.5) is 11.4 Å². The van der Waals surface area contributed by atoms with Crippen molar-refractivity contribution in [1.29, 1.82) is 0 Å². The molecule has 39 heavy (non-hydrogen) atoms. The number of non-ortho nitro benzene ring substituents is 1. The Kier molecular flexibility index (Phi) is 8.21. The number of benzene rings is 3. The summed E-state index contributed by atoms with van der Waals surface area (Å²) < 4.78 is 11.9. The lowest BCUT2D eigenvalue weighted by Gasteiger charge is -2.29. The van der Waals surface area contributed by atoms with E-state index in [1.807, 2.05) is 22.6 Å². The molecule has 3 aromatic carbocycles. The topological polar surface area (TPSA) is 148 Å². The van der Waals surface area contributed by atoms with Crippen molar-refractivity contribution in [2.45, 2.75) is 6.61 Å². The normalized spacial score (nSPS) is 14.3. The monoisotopic (exact) mass is 659 g/mol. The average Bonchev–Trinajstić information content (AvgIpc) is 2.90. The van der Waals surface area contributed by atoms with E-state index >= 15 is 0 Å². The molecule has 1 heterocycles. The van der Waals surface area contributed by atoms with Gasteiger partial charge in [-0.2, -0.15) is 0 Å². The Morgan fingerprint density at radius 1 is 1.18 bits per heavy atom. The molecule has 1 aliphatic heterocycles. The largest absolute Gasteiger partial charge is 0.493 e. The van der Waals surface area contributed by atoms with Gasteiger partial charge in [0.05, 0.1) is 26.9 Å². The van der Waals surface area contributed by atoms with Gasteiger partial charge in [-0.15, -0.1) is 0 Å². The summed E-state index contributed by atoms with van der Waals surface area (Å²) in [5, 5.41) is 22.6. The molecule has 0 bridgehead atoms. The van der Waals surface area contributed by atoms with E-state index in [1.54, 1.807) is 24.3 Å². The van der Waals surface area contributed by atoms with Crippen LogP contribution in [0.25, 0.3) is 6.08 Å². The number of rotatable bonds is 8. The number of carbonyl (C=O) groups is 3. The van der Waals surface area contributed by atoms with Gasteiger partial charge in [0, 0.05) is 12.1 Å². The number of carboxylic acids is 1. The highest BCUT2D eigenvalue weighted by Crippen LogP contribution is 2.36. The predicted octanol–water partition coefficient (Wildman–Crippen LogP) is 4.32. The number of anilines is 1. The lowest BCUT2D eigenvalue weighted by molar-refractivity contribution is -0.384. The van der Waals surface area contributed by atoms with Gasteiger partial charge in [0.15, 0.2) is 16.6 Å². The lowest BCUT2D eigenvalue weighted by atomic mass is 10.1. The second-order valence-corrected chi connectivity index (χ2v) is 9.61. The standard InChI is InChI=1S/C26H18IN3O8S/c1-37-21-11-15(10-20(27)22(21)38-13-14-4-2-7-18(8-14)30(35)36)9-19-23(31)28-26(39)29(24(19)32)17-6-3-5-16(12-17)25(33)34/h2-12H,13H2,1H3,(H,33,34)(H,28,31,39). The number of halogens is 1. The van der Waals surface area contributed by atoms with Crippen LogP contribution in [0.1, 0.15) is 21.5 Å². The van der Waals surface area contributed by atoms with Crippen LogP contribution < -0.4 is 19.7 Å². The minimum atomic E-state index is -1.18. The highest BCUT2D eigenvalue weighted by atomic mass is 127. The quantitative estimate of drug-likeness (QED) is 0.0901. The molecule has 0 radical (unpaired) electrons. The molecule has 0 aromatic heterocycles. The summed E-state index contributed by atoms with van der Waals surface area (Å²) in [6.07, 6.45) is 1.36. The van der Waals surface area contributed by atoms with Gasteiger partial charge in [-0.1, -0.05) is 18.2 Å². The third-order valence-electron chi connectivity index (χ3n) is 5.52. The maximum Gasteiger partial charge on any atom is 0.335 e. The molecular formula is C26H18IN3O8S. The fourth-order valence-electron chi connectivity index (χ4n) is 3.72. The van der Waals surface area contributed by atoms with Crippen LogP contribution in [0.2, 0.25) is 0 Å². The second kappa shape index (κ2) is 11.6. The summed E-state index contributed by atoms with van der Waals surface area (Å²) in [6.45, 7) is 0.0389. The molecule has 0 atom stereocenters. The van der Waals surface area contributed by atoms with Crippen molar-refractivity contribution in [3.63, 3.8) is 0 Å². The van der Waals surface area contributed by atoms with E-state index in [-0.39, 0.29) is 34.2 Å². The van der Waals surface area contributed by atoms with Crippen LogP contribution in [0, 0.1) is 13.7 Å². The lowest BCUT2D eigenvalue weighted by Crippen LogP contribution is -2.54. The number of nitrogens with zero attached hydrogens (tertiary/aromatic N) is 2. The number of aromatic carboxylic acids is 1. The van der Waals surface area contributed by atoms with Crippen LogP contribution in [0.5, 0.6) is 11.5 Å². The minimum absolute atomic E-state index is 0.0389. The summed E-state index contributed by atoms with van der Waals surface area (Å²) in [5.74, 6) is -1.94. The van der Waals surface area contributed by atoms with Crippen molar-refractivity contribution < 1.29 is 33.9 Å². The van der Waals surface area contributed by atoms with Crippen LogP contribution in [-0.2, 0) is 16.2 Å². The number of carbonyl (C=O) groups excluding carboxylic acids is 2. The third-order valence-corrected chi connectivity index (χ3v) is 6.61. The summed E-state index contributed by atoms with van der Waals surface area (Å²) >= 11 is 7.19. The molecule has 1 aliphatic rings. The Hall–Kier alpha value is -4.37. The minimum Gasteiger partial charge on any atom is -0.493 e. The Morgan fingerprint density at radius 2 is 1.92 bits per heavy atom. The molecule has 11 nitrogen and oxygen atoms in total. The average molecular weight is 659 g/mol. The van der Waals surface area contributed by atoms with Crippen LogP contribution in [-0.4, -0.2) is 40.0 Å². The van der Waals surface area contributed by atoms with Crippen molar-refractivity contribution >= 4 is 75.2 Å². The van der Waals surface area contributed by atoms with Crippen molar-refractivity contribution in [3.05, 3.63) is 96.6 Å². The zero-order valence-corrected chi connectivity index (χ0v) is 23.0. The van der Waals surface area contributed by atoms with Gasteiger partial charge in [-0.3, -0.25) is 29.9 Å². The first-order chi connectivity index (χ1) is 18.6. The summed E-state index contributed by atoms with van der Waals surface area (Å²) in [6, 6.07) is 14.9. The first kappa shape index (κ1) is 27.7. The van der Waals surface area contributed by atoms with Crippen molar-refractivity contribution in [3.8, 4) is 11.5 Å². The molecule has 2 amide bonds. The predicted molar refractivity (Wildman–Crippen MR) is 153 cm³/mol. The molecule has 0 aliphatic carbocycles. The van der Waals surface area contributed by atoms with Gasteiger partial charge in [-0.25, -0.2) is 4.79 Å². The molecule has 0 saturated carbocycles. The van der Waals surface area contributed by atoms with Crippen LogP contribution >= 0.6 is 34.8 Å². The Balaban J connectivity index is 1.64. The van der Waals surface area contributed by atoms with Crippen LogP contribution in [0.3, 0.4) is 0 Å². The molecule has 198 valence electrons.